The zero-order chi connectivity index (χ0) is 14.6. The van der Waals surface area contributed by atoms with Crippen LogP contribution in [-0.2, 0) is 13.0 Å². The summed E-state index contributed by atoms with van der Waals surface area (Å²) < 4.78 is 2.32. The number of hydrogen-bond donors (Lipinski definition) is 1. The number of hydrogen-bond acceptors (Lipinski definition) is 2. The fraction of sp³-hybridized carbons (Fsp3) is 0.824. The first kappa shape index (κ1) is 15.6. The Kier molecular flexibility index (Phi) is 5.25. The third-order valence-corrected chi connectivity index (χ3v) is 5.12. The quantitative estimate of drug-likeness (QED) is 0.860. The molecule has 114 valence electrons. The van der Waals surface area contributed by atoms with E-state index in [2.05, 4.69) is 48.9 Å². The molecule has 0 bridgehead atoms. The molecule has 3 nitrogen and oxygen atoms in total. The number of aryl methyl sites for hydroxylation is 1. The summed E-state index contributed by atoms with van der Waals surface area (Å²) in [6.07, 6.45) is 11.8. The number of nitrogens with one attached hydrogen (secondary N) is 1. The SMILES string of the molecule is CCCn1ccnc1CC(NC)C1CCCCC1(C)C. The average Bonchev–Trinajstić information content (AvgIpc) is 2.84. The standard InChI is InChI=1S/C17H31N3/c1-5-11-20-12-10-19-16(20)13-15(18-4)14-8-6-7-9-17(14,2)3/h10,12,14-15,18H,5-9,11,13H2,1-4H3. The van der Waals surface area contributed by atoms with Crippen LogP contribution in [0.1, 0.15) is 58.7 Å². The number of likely N-dealkylation sites (N-methyl/N-ethyl adjacent to an activating group) is 1. The van der Waals surface area contributed by atoms with Gasteiger partial charge in [-0.2, -0.15) is 0 Å². The second kappa shape index (κ2) is 6.75. The van der Waals surface area contributed by atoms with E-state index in [9.17, 15) is 0 Å². The van der Waals surface area contributed by atoms with E-state index in [4.69, 9.17) is 0 Å². The van der Waals surface area contributed by atoms with E-state index in [1.165, 1.54) is 37.9 Å². The minimum atomic E-state index is 0.452. The Balaban J connectivity index is 2.09. The molecule has 0 amide bonds. The molecule has 0 aromatic carbocycles. The van der Waals surface area contributed by atoms with Gasteiger partial charge in [-0.05, 0) is 37.6 Å². The van der Waals surface area contributed by atoms with Crippen LogP contribution >= 0.6 is 0 Å². The zero-order valence-corrected chi connectivity index (χ0v) is 13.7. The molecule has 3 heteroatoms. The van der Waals surface area contributed by atoms with Gasteiger partial charge in [-0.3, -0.25) is 0 Å². The first-order valence-electron chi connectivity index (χ1n) is 8.25. The van der Waals surface area contributed by atoms with Crippen LogP contribution in [0.25, 0.3) is 0 Å². The third-order valence-electron chi connectivity index (χ3n) is 5.12. The maximum Gasteiger partial charge on any atom is 0.110 e. The van der Waals surface area contributed by atoms with Gasteiger partial charge in [0, 0.05) is 31.4 Å². The Morgan fingerprint density at radius 1 is 1.45 bits per heavy atom. The first-order chi connectivity index (χ1) is 9.58. The lowest BCUT2D eigenvalue weighted by atomic mass is 9.65. The van der Waals surface area contributed by atoms with Gasteiger partial charge in [0.2, 0.25) is 0 Å². The van der Waals surface area contributed by atoms with E-state index in [1.54, 1.807) is 0 Å². The van der Waals surface area contributed by atoms with Crippen molar-refractivity contribution in [1.29, 1.82) is 0 Å². The van der Waals surface area contributed by atoms with Gasteiger partial charge in [-0.1, -0.05) is 33.6 Å². The topological polar surface area (TPSA) is 29.9 Å². The average molecular weight is 277 g/mol. The molecule has 0 spiro atoms. The summed E-state index contributed by atoms with van der Waals surface area (Å²) in [5.41, 5.74) is 0.452. The lowest BCUT2D eigenvalue weighted by molar-refractivity contribution is 0.100. The van der Waals surface area contributed by atoms with Crippen LogP contribution in [0.2, 0.25) is 0 Å². The molecule has 0 radical (unpaired) electrons. The summed E-state index contributed by atoms with van der Waals surface area (Å²) in [6.45, 7) is 8.20. The number of imidazole rings is 1. The van der Waals surface area contributed by atoms with E-state index in [-0.39, 0.29) is 0 Å². The Morgan fingerprint density at radius 3 is 2.90 bits per heavy atom. The molecule has 20 heavy (non-hydrogen) atoms. The fourth-order valence-electron chi connectivity index (χ4n) is 3.88. The highest BCUT2D eigenvalue weighted by atomic mass is 15.1. The van der Waals surface area contributed by atoms with Gasteiger partial charge in [0.15, 0.2) is 0 Å². The lowest BCUT2D eigenvalue weighted by Gasteiger charge is -2.43. The zero-order valence-electron chi connectivity index (χ0n) is 13.7. The van der Waals surface area contributed by atoms with Gasteiger partial charge in [0.25, 0.3) is 0 Å². The molecule has 1 heterocycles. The van der Waals surface area contributed by atoms with Crippen LogP contribution < -0.4 is 5.32 Å². The maximum atomic E-state index is 4.59. The van der Waals surface area contributed by atoms with Gasteiger partial charge in [-0.15, -0.1) is 0 Å². The molecule has 2 unspecified atom stereocenters. The van der Waals surface area contributed by atoms with E-state index in [1.807, 2.05) is 6.20 Å². The third kappa shape index (κ3) is 3.43. The van der Waals surface area contributed by atoms with Crippen molar-refractivity contribution in [3.8, 4) is 0 Å². The van der Waals surface area contributed by atoms with E-state index in [0.717, 1.165) is 18.9 Å². The normalized spacial score (nSPS) is 23.7. The number of nitrogens with zero attached hydrogens (tertiary/aromatic N) is 2. The molecule has 1 fully saturated rings. The van der Waals surface area contributed by atoms with E-state index in [0.29, 0.717) is 11.5 Å². The monoisotopic (exact) mass is 277 g/mol. The van der Waals surface area contributed by atoms with Crippen LogP contribution in [0.4, 0.5) is 0 Å². The predicted octanol–water partition coefficient (Wildman–Crippen LogP) is 3.64. The fourth-order valence-corrected chi connectivity index (χ4v) is 3.88. The highest BCUT2D eigenvalue weighted by molar-refractivity contribution is 4.99. The summed E-state index contributed by atoms with van der Waals surface area (Å²) in [6, 6.07) is 0.545. The van der Waals surface area contributed by atoms with Crippen LogP contribution in [0.15, 0.2) is 12.4 Å². The molecule has 1 saturated carbocycles. The van der Waals surface area contributed by atoms with Crippen molar-refractivity contribution in [2.24, 2.45) is 11.3 Å². The minimum absolute atomic E-state index is 0.452. The van der Waals surface area contributed by atoms with E-state index < -0.39 is 0 Å². The van der Waals surface area contributed by atoms with Crippen molar-refractivity contribution < 1.29 is 0 Å². The molecule has 0 aliphatic heterocycles. The molecule has 2 atom stereocenters. The van der Waals surface area contributed by atoms with Crippen LogP contribution in [0.3, 0.4) is 0 Å². The smallest absolute Gasteiger partial charge is 0.110 e. The Hall–Kier alpha value is -0.830. The van der Waals surface area contributed by atoms with Crippen LogP contribution in [0, 0.1) is 11.3 Å². The minimum Gasteiger partial charge on any atom is -0.335 e. The van der Waals surface area contributed by atoms with Crippen molar-refractivity contribution in [3.05, 3.63) is 18.2 Å². The Morgan fingerprint density at radius 2 is 2.25 bits per heavy atom. The van der Waals surface area contributed by atoms with Gasteiger partial charge in [-0.25, -0.2) is 4.98 Å². The Labute approximate surface area is 124 Å². The van der Waals surface area contributed by atoms with Gasteiger partial charge >= 0.3 is 0 Å². The Bertz CT molecular complexity index is 408. The molecule has 1 aromatic heterocycles. The van der Waals surface area contributed by atoms with Crippen LogP contribution in [-0.4, -0.2) is 22.6 Å². The molecule has 0 saturated heterocycles. The van der Waals surface area contributed by atoms with Crippen molar-refractivity contribution in [2.45, 2.75) is 71.9 Å². The molecule has 1 aliphatic rings. The highest BCUT2D eigenvalue weighted by Gasteiger charge is 2.37. The number of rotatable bonds is 6. The molecule has 1 N–H and O–H groups in total. The predicted molar refractivity (Wildman–Crippen MR) is 84.8 cm³/mol. The van der Waals surface area contributed by atoms with Gasteiger partial charge in [0.1, 0.15) is 5.82 Å². The summed E-state index contributed by atoms with van der Waals surface area (Å²) >= 11 is 0. The first-order valence-corrected chi connectivity index (χ1v) is 8.25. The van der Waals surface area contributed by atoms with Crippen molar-refractivity contribution in [3.63, 3.8) is 0 Å². The molecule has 2 rings (SSSR count). The van der Waals surface area contributed by atoms with Gasteiger partial charge in [0.05, 0.1) is 0 Å². The van der Waals surface area contributed by atoms with Crippen molar-refractivity contribution in [2.75, 3.05) is 7.05 Å². The summed E-state index contributed by atoms with van der Waals surface area (Å²) in [4.78, 5) is 4.59. The van der Waals surface area contributed by atoms with E-state index >= 15 is 0 Å². The lowest BCUT2D eigenvalue weighted by Crippen LogP contribution is -2.45. The number of aromatic nitrogens is 2. The second-order valence-corrected chi connectivity index (χ2v) is 6.98. The molecule has 1 aliphatic carbocycles. The van der Waals surface area contributed by atoms with Crippen LogP contribution in [0.5, 0.6) is 0 Å². The molecule has 1 aromatic rings. The largest absolute Gasteiger partial charge is 0.335 e. The summed E-state index contributed by atoms with van der Waals surface area (Å²) in [7, 11) is 2.11. The summed E-state index contributed by atoms with van der Waals surface area (Å²) in [5.74, 6) is 2.00. The van der Waals surface area contributed by atoms with Crippen molar-refractivity contribution >= 4 is 0 Å². The van der Waals surface area contributed by atoms with Crippen molar-refractivity contribution in [1.82, 2.24) is 14.9 Å². The second-order valence-electron chi connectivity index (χ2n) is 6.98. The highest BCUT2D eigenvalue weighted by Crippen LogP contribution is 2.42. The summed E-state index contributed by atoms with van der Waals surface area (Å²) in [5, 5.41) is 3.58. The maximum absolute atomic E-state index is 4.59. The molecular formula is C17H31N3. The molecular weight excluding hydrogens is 246 g/mol. The van der Waals surface area contributed by atoms with Gasteiger partial charge < -0.3 is 9.88 Å².